The Kier molecular flexibility index (Phi) is 8.89. The van der Waals surface area contributed by atoms with Crippen LogP contribution in [0.5, 0.6) is 0 Å². The fourth-order valence-corrected chi connectivity index (χ4v) is 2.76. The summed E-state index contributed by atoms with van der Waals surface area (Å²) in [6, 6.07) is 1.09. The van der Waals surface area contributed by atoms with Gasteiger partial charge in [-0.15, -0.1) is 6.58 Å². The highest BCUT2D eigenvalue weighted by molar-refractivity contribution is 6.00. The lowest BCUT2D eigenvalue weighted by Crippen LogP contribution is -2.41. The third-order valence-corrected chi connectivity index (χ3v) is 4.21. The Morgan fingerprint density at radius 1 is 0.871 bits per heavy atom. The monoisotopic (exact) mass is 452 g/mol. The number of esters is 2. The molecular weight excluding hydrogens is 430 g/mol. The van der Waals surface area contributed by atoms with Gasteiger partial charge in [0.15, 0.2) is 5.41 Å². The van der Waals surface area contributed by atoms with Gasteiger partial charge in [-0.25, -0.2) is 0 Å². The number of alkyl halides is 6. The van der Waals surface area contributed by atoms with Gasteiger partial charge in [0.25, 0.3) is 0 Å². The zero-order chi connectivity index (χ0) is 23.9. The molecule has 1 aromatic carbocycles. The quantitative estimate of drug-likeness (QED) is 0.205. The van der Waals surface area contributed by atoms with E-state index in [9.17, 15) is 35.9 Å². The number of hydrogen-bond donors (Lipinski definition) is 0. The molecule has 0 aromatic heterocycles. The molecule has 0 fully saturated rings. The molecule has 0 N–H and O–H groups in total. The van der Waals surface area contributed by atoms with E-state index >= 15 is 0 Å². The van der Waals surface area contributed by atoms with Gasteiger partial charge in [0.1, 0.15) is 0 Å². The van der Waals surface area contributed by atoms with Crippen LogP contribution >= 0.6 is 0 Å². The summed E-state index contributed by atoms with van der Waals surface area (Å²) < 4.78 is 87.9. The summed E-state index contributed by atoms with van der Waals surface area (Å²) >= 11 is 0. The average Bonchev–Trinajstić information content (AvgIpc) is 2.66. The maximum absolute atomic E-state index is 13.0. The third-order valence-electron chi connectivity index (χ3n) is 4.21. The second-order valence-electron chi connectivity index (χ2n) is 6.46. The lowest BCUT2D eigenvalue weighted by Gasteiger charge is -2.27. The molecule has 4 nitrogen and oxygen atoms in total. The Hall–Kier alpha value is -2.78. The van der Waals surface area contributed by atoms with Crippen LogP contribution in [0.3, 0.4) is 0 Å². The van der Waals surface area contributed by atoms with E-state index in [1.807, 2.05) is 0 Å². The zero-order valence-corrected chi connectivity index (χ0v) is 16.9. The van der Waals surface area contributed by atoms with Crippen molar-refractivity contribution in [3.63, 3.8) is 0 Å². The summed E-state index contributed by atoms with van der Waals surface area (Å²) in [5.41, 5.74) is -5.22. The van der Waals surface area contributed by atoms with E-state index in [0.29, 0.717) is 12.1 Å². The van der Waals surface area contributed by atoms with Crippen molar-refractivity contribution < 1.29 is 45.4 Å². The van der Waals surface area contributed by atoms with Crippen LogP contribution in [0.25, 0.3) is 6.08 Å². The topological polar surface area (TPSA) is 52.6 Å². The van der Waals surface area contributed by atoms with E-state index in [1.165, 1.54) is 19.9 Å². The van der Waals surface area contributed by atoms with E-state index in [0.717, 1.165) is 12.2 Å². The van der Waals surface area contributed by atoms with Gasteiger partial charge in [0.05, 0.1) is 24.3 Å². The molecule has 0 bridgehead atoms. The molecule has 0 aliphatic rings. The van der Waals surface area contributed by atoms with Gasteiger partial charge in [-0.3, -0.25) is 9.59 Å². The molecule has 1 rings (SSSR count). The molecule has 0 saturated heterocycles. The van der Waals surface area contributed by atoms with E-state index in [-0.39, 0.29) is 32.1 Å². The molecule has 0 atom stereocenters. The van der Waals surface area contributed by atoms with Gasteiger partial charge in [0, 0.05) is 0 Å². The number of allylic oxidation sites excluding steroid dienone is 2. The van der Waals surface area contributed by atoms with Gasteiger partial charge in [-0.05, 0) is 50.5 Å². The number of hydrogen-bond acceptors (Lipinski definition) is 4. The predicted octanol–water partition coefficient (Wildman–Crippen LogP) is 5.82. The van der Waals surface area contributed by atoms with Crippen LogP contribution in [0.4, 0.5) is 26.3 Å². The van der Waals surface area contributed by atoms with Crippen LogP contribution in [0.2, 0.25) is 0 Å². The molecule has 172 valence electrons. The smallest absolute Gasteiger partial charge is 0.416 e. The SMILES string of the molecule is C=CCC(C/C=C/c1cc(C(F)(F)F)cc(C(F)(F)F)c1)(C(=O)OCC)C(=O)OCC. The first-order chi connectivity index (χ1) is 14.3. The molecule has 0 aliphatic heterocycles. The molecule has 0 unspecified atom stereocenters. The Bertz CT molecular complexity index is 774. The number of halogens is 6. The minimum absolute atomic E-state index is 0.0105. The number of carbonyl (C=O) groups is 2. The third kappa shape index (κ3) is 6.86. The summed E-state index contributed by atoms with van der Waals surface area (Å²) in [5, 5.41) is 0. The van der Waals surface area contributed by atoms with Crippen molar-refractivity contribution in [3.8, 4) is 0 Å². The molecule has 10 heteroatoms. The summed E-state index contributed by atoms with van der Waals surface area (Å²) in [6.45, 7) is 6.41. The summed E-state index contributed by atoms with van der Waals surface area (Å²) in [4.78, 5) is 25.0. The maximum atomic E-state index is 13.0. The van der Waals surface area contributed by atoms with Gasteiger partial charge in [-0.2, -0.15) is 26.3 Å². The molecule has 1 aromatic rings. The lowest BCUT2D eigenvalue weighted by atomic mass is 9.80. The molecule has 0 amide bonds. The Labute approximate surface area is 175 Å². The Balaban J connectivity index is 3.40. The highest BCUT2D eigenvalue weighted by atomic mass is 19.4. The average molecular weight is 452 g/mol. The highest BCUT2D eigenvalue weighted by Gasteiger charge is 2.47. The minimum Gasteiger partial charge on any atom is -0.465 e. The van der Waals surface area contributed by atoms with Gasteiger partial charge < -0.3 is 9.47 Å². The fraction of sp³-hybridized carbons (Fsp3) is 0.429. The van der Waals surface area contributed by atoms with Crippen LogP contribution < -0.4 is 0 Å². The van der Waals surface area contributed by atoms with E-state index in [2.05, 4.69) is 6.58 Å². The molecule has 0 aliphatic carbocycles. The minimum atomic E-state index is -4.99. The molecule has 0 heterocycles. The van der Waals surface area contributed by atoms with Crippen molar-refractivity contribution in [2.45, 2.75) is 39.0 Å². The Morgan fingerprint density at radius 2 is 1.32 bits per heavy atom. The van der Waals surface area contributed by atoms with Gasteiger partial charge in [-0.1, -0.05) is 18.2 Å². The molecule has 31 heavy (non-hydrogen) atoms. The van der Waals surface area contributed by atoms with Crippen molar-refractivity contribution in [2.75, 3.05) is 13.2 Å². The molecular formula is C21H22F6O4. The second kappa shape index (κ2) is 10.5. The highest BCUT2D eigenvalue weighted by Crippen LogP contribution is 2.37. The predicted molar refractivity (Wildman–Crippen MR) is 101 cm³/mol. The number of ether oxygens (including phenoxy) is 2. The van der Waals surface area contributed by atoms with Crippen molar-refractivity contribution >= 4 is 18.0 Å². The van der Waals surface area contributed by atoms with E-state index in [4.69, 9.17) is 9.47 Å². The van der Waals surface area contributed by atoms with Crippen LogP contribution in [0.1, 0.15) is 43.4 Å². The molecule has 0 spiro atoms. The number of benzene rings is 1. The second-order valence-corrected chi connectivity index (χ2v) is 6.46. The first-order valence-corrected chi connectivity index (χ1v) is 9.23. The number of rotatable bonds is 9. The summed E-state index contributed by atoms with van der Waals surface area (Å²) in [5.74, 6) is -1.86. The first kappa shape index (κ1) is 26.3. The molecule has 0 saturated carbocycles. The normalized spacial score (nSPS) is 12.6. The number of carbonyl (C=O) groups excluding carboxylic acids is 2. The van der Waals surface area contributed by atoms with Crippen LogP contribution in [-0.4, -0.2) is 25.2 Å². The van der Waals surface area contributed by atoms with E-state index in [1.54, 1.807) is 0 Å². The van der Waals surface area contributed by atoms with E-state index < -0.39 is 46.4 Å². The Morgan fingerprint density at radius 3 is 1.68 bits per heavy atom. The van der Waals surface area contributed by atoms with Crippen LogP contribution in [0.15, 0.2) is 36.9 Å². The van der Waals surface area contributed by atoms with Crippen LogP contribution in [0, 0.1) is 5.41 Å². The van der Waals surface area contributed by atoms with Gasteiger partial charge in [0.2, 0.25) is 0 Å². The standard InChI is InChI=1S/C21H22F6O4/c1-4-9-19(17(28)30-5-2,18(29)31-6-3)10-7-8-14-11-15(20(22,23)24)13-16(12-14)21(25,26)27/h4,7-8,11-13H,1,5-6,9-10H2,2-3H3/b8-7+. The van der Waals surface area contributed by atoms with Crippen molar-refractivity contribution in [3.05, 3.63) is 53.6 Å². The first-order valence-electron chi connectivity index (χ1n) is 9.23. The largest absolute Gasteiger partial charge is 0.465 e. The zero-order valence-electron chi connectivity index (χ0n) is 16.9. The van der Waals surface area contributed by atoms with Crippen molar-refractivity contribution in [2.24, 2.45) is 5.41 Å². The summed E-state index contributed by atoms with van der Waals surface area (Å²) in [6.07, 6.45) is -7.19. The van der Waals surface area contributed by atoms with Gasteiger partial charge >= 0.3 is 24.3 Å². The molecule has 0 radical (unpaired) electrons. The van der Waals surface area contributed by atoms with Crippen molar-refractivity contribution in [1.82, 2.24) is 0 Å². The lowest BCUT2D eigenvalue weighted by molar-refractivity contribution is -0.171. The maximum Gasteiger partial charge on any atom is 0.416 e. The van der Waals surface area contributed by atoms with Crippen molar-refractivity contribution in [1.29, 1.82) is 0 Å². The van der Waals surface area contributed by atoms with Crippen LogP contribution in [-0.2, 0) is 31.4 Å². The fourth-order valence-electron chi connectivity index (χ4n) is 2.76. The summed E-state index contributed by atoms with van der Waals surface area (Å²) in [7, 11) is 0.